The second-order valence-corrected chi connectivity index (χ2v) is 7.59. The Kier molecular flexibility index (Phi) is 4.76. The van der Waals surface area contributed by atoms with Crippen LogP contribution < -0.4 is 10.2 Å². The number of benzene rings is 2. The number of nitrogens with zero attached hydrogens (tertiary/aromatic N) is 1. The Morgan fingerprint density at radius 1 is 0.966 bits per heavy atom. The van der Waals surface area contributed by atoms with E-state index in [4.69, 9.17) is 0 Å². The smallest absolute Gasteiger partial charge is 0.282 e. The predicted molar refractivity (Wildman–Crippen MR) is 110 cm³/mol. The highest BCUT2D eigenvalue weighted by Crippen LogP contribution is 2.37. The predicted octanol–water partition coefficient (Wildman–Crippen LogP) is 5.04. The number of thiophene rings is 1. The molecule has 0 unspecified atom stereocenters. The first-order valence-electron chi connectivity index (χ1n) is 8.83. The summed E-state index contributed by atoms with van der Waals surface area (Å²) >= 11 is 1.30. The first-order chi connectivity index (χ1) is 13.9. The fraction of sp³-hybridized carbons (Fsp3) is 0.0909. The summed E-state index contributed by atoms with van der Waals surface area (Å²) in [5.74, 6) is -3.11. The van der Waals surface area contributed by atoms with Gasteiger partial charge in [-0.15, -0.1) is 11.3 Å². The van der Waals surface area contributed by atoms with Crippen molar-refractivity contribution in [1.82, 2.24) is 0 Å². The zero-order chi connectivity index (χ0) is 20.7. The number of hydrogen-bond acceptors (Lipinski definition) is 4. The van der Waals surface area contributed by atoms with Gasteiger partial charge in [0, 0.05) is 16.6 Å². The highest BCUT2D eigenvalue weighted by atomic mass is 32.1. The van der Waals surface area contributed by atoms with Crippen molar-refractivity contribution in [2.75, 3.05) is 10.2 Å². The molecule has 0 bridgehead atoms. The van der Waals surface area contributed by atoms with E-state index in [0.717, 1.165) is 28.2 Å². The molecule has 2 heterocycles. The van der Waals surface area contributed by atoms with Gasteiger partial charge >= 0.3 is 0 Å². The first-order valence-corrected chi connectivity index (χ1v) is 9.71. The fourth-order valence-electron chi connectivity index (χ4n) is 3.20. The topological polar surface area (TPSA) is 49.4 Å². The Morgan fingerprint density at radius 2 is 1.76 bits per heavy atom. The van der Waals surface area contributed by atoms with Crippen molar-refractivity contribution >= 4 is 40.1 Å². The Hall–Kier alpha value is -3.32. The molecule has 1 N–H and O–H groups in total. The zero-order valence-electron chi connectivity index (χ0n) is 15.6. The summed E-state index contributed by atoms with van der Waals surface area (Å²) in [5.41, 5.74) is 2.57. The molecular weight excluding hydrogens is 394 g/mol. The lowest BCUT2D eigenvalue weighted by Crippen LogP contribution is -2.33. The summed E-state index contributed by atoms with van der Waals surface area (Å²) in [6, 6.07) is 11.8. The molecule has 4 nitrogen and oxygen atoms in total. The highest BCUT2D eigenvalue weighted by molar-refractivity contribution is 7.11. The van der Waals surface area contributed by atoms with Crippen LogP contribution in [-0.4, -0.2) is 11.8 Å². The molecule has 4 rings (SSSR count). The third-order valence-corrected chi connectivity index (χ3v) is 5.75. The molecule has 2 amide bonds. The van der Waals surface area contributed by atoms with Crippen LogP contribution in [0.3, 0.4) is 0 Å². The molecule has 146 valence electrons. The minimum absolute atomic E-state index is 0.0647. The second kappa shape index (κ2) is 7.25. The lowest BCUT2D eigenvalue weighted by atomic mass is 10.1. The minimum Gasteiger partial charge on any atom is -0.350 e. The van der Waals surface area contributed by atoms with Crippen molar-refractivity contribution in [3.63, 3.8) is 0 Å². The average molecular weight is 410 g/mol. The van der Waals surface area contributed by atoms with E-state index in [1.165, 1.54) is 11.3 Å². The van der Waals surface area contributed by atoms with Gasteiger partial charge in [0.1, 0.15) is 17.3 Å². The van der Waals surface area contributed by atoms with Crippen LogP contribution in [-0.2, 0) is 9.59 Å². The SMILES string of the molecule is Cc1cccc(NC2=C(c3cccs3)C(=O)N(c3ccc(F)cc3F)C2=O)c1C. The molecule has 2 aromatic carbocycles. The standard InChI is InChI=1S/C22H16F2N2O2S/c1-12-5-3-6-16(13(12)2)25-20-19(18-7-4-10-29-18)21(27)26(22(20)28)17-9-8-14(23)11-15(17)24/h3-11,25H,1-2H3. The highest BCUT2D eigenvalue weighted by Gasteiger charge is 2.41. The van der Waals surface area contributed by atoms with Gasteiger partial charge in [-0.1, -0.05) is 18.2 Å². The molecule has 29 heavy (non-hydrogen) atoms. The quantitative estimate of drug-likeness (QED) is 0.613. The van der Waals surface area contributed by atoms with Crippen molar-refractivity contribution in [2.24, 2.45) is 0 Å². The van der Waals surface area contributed by atoms with E-state index in [1.54, 1.807) is 23.6 Å². The first kappa shape index (κ1) is 19.0. The van der Waals surface area contributed by atoms with Crippen molar-refractivity contribution < 1.29 is 18.4 Å². The fourth-order valence-corrected chi connectivity index (χ4v) is 3.97. The zero-order valence-corrected chi connectivity index (χ0v) is 16.4. The minimum atomic E-state index is -0.981. The maximum absolute atomic E-state index is 14.4. The molecule has 0 atom stereocenters. The van der Waals surface area contributed by atoms with E-state index in [0.29, 0.717) is 16.6 Å². The summed E-state index contributed by atoms with van der Waals surface area (Å²) in [6.45, 7) is 3.85. The van der Waals surface area contributed by atoms with Gasteiger partial charge < -0.3 is 5.32 Å². The number of imide groups is 1. The summed E-state index contributed by atoms with van der Waals surface area (Å²) in [6.07, 6.45) is 0. The molecule has 3 aromatic rings. The molecule has 0 radical (unpaired) electrons. The number of rotatable bonds is 4. The van der Waals surface area contributed by atoms with Crippen LogP contribution in [0, 0.1) is 25.5 Å². The normalized spacial score (nSPS) is 14.1. The molecule has 0 saturated heterocycles. The Morgan fingerprint density at radius 3 is 2.45 bits per heavy atom. The van der Waals surface area contributed by atoms with Crippen LogP contribution in [0.2, 0.25) is 0 Å². The maximum Gasteiger partial charge on any atom is 0.282 e. The van der Waals surface area contributed by atoms with Gasteiger partial charge in [-0.2, -0.15) is 0 Å². The molecule has 1 aromatic heterocycles. The molecule has 1 aliphatic rings. The number of halogens is 2. The maximum atomic E-state index is 14.4. The largest absolute Gasteiger partial charge is 0.350 e. The van der Waals surface area contributed by atoms with E-state index >= 15 is 0 Å². The molecule has 1 aliphatic heterocycles. The van der Waals surface area contributed by atoms with Gasteiger partial charge in [0.2, 0.25) is 0 Å². The van der Waals surface area contributed by atoms with Crippen LogP contribution in [0.5, 0.6) is 0 Å². The van der Waals surface area contributed by atoms with Crippen LogP contribution >= 0.6 is 11.3 Å². The number of aryl methyl sites for hydroxylation is 1. The van der Waals surface area contributed by atoms with Gasteiger partial charge in [0.05, 0.1) is 11.3 Å². The summed E-state index contributed by atoms with van der Waals surface area (Å²) in [5, 5.41) is 4.87. The van der Waals surface area contributed by atoms with Gasteiger partial charge in [-0.3, -0.25) is 9.59 Å². The molecular formula is C22H16F2N2O2S. The lowest BCUT2D eigenvalue weighted by molar-refractivity contribution is -0.120. The Labute approximate surface area is 170 Å². The van der Waals surface area contributed by atoms with Gasteiger partial charge in [-0.05, 0) is 54.6 Å². The summed E-state index contributed by atoms with van der Waals surface area (Å²) in [4.78, 5) is 27.7. The average Bonchev–Trinajstić information content (AvgIpc) is 3.27. The molecule has 7 heteroatoms. The van der Waals surface area contributed by atoms with Crippen molar-refractivity contribution in [2.45, 2.75) is 13.8 Å². The third kappa shape index (κ3) is 3.23. The van der Waals surface area contributed by atoms with Crippen LogP contribution in [0.15, 0.2) is 59.6 Å². The molecule has 0 spiro atoms. The monoisotopic (exact) mass is 410 g/mol. The lowest BCUT2D eigenvalue weighted by Gasteiger charge is -2.16. The molecule has 0 fully saturated rings. The number of amides is 2. The number of nitrogens with one attached hydrogen (secondary N) is 1. The van der Waals surface area contributed by atoms with Gasteiger partial charge in [0.25, 0.3) is 11.8 Å². The third-order valence-electron chi connectivity index (χ3n) is 4.87. The summed E-state index contributed by atoms with van der Waals surface area (Å²) < 4.78 is 27.7. The van der Waals surface area contributed by atoms with Crippen LogP contribution in [0.4, 0.5) is 20.2 Å². The van der Waals surface area contributed by atoms with E-state index in [9.17, 15) is 18.4 Å². The van der Waals surface area contributed by atoms with Gasteiger partial charge in [0.15, 0.2) is 0 Å². The summed E-state index contributed by atoms with van der Waals surface area (Å²) in [7, 11) is 0. The number of carbonyl (C=O) groups is 2. The van der Waals surface area contributed by atoms with Gasteiger partial charge in [-0.25, -0.2) is 13.7 Å². The Balaban J connectivity index is 1.84. The number of carbonyl (C=O) groups excluding carboxylic acids is 2. The number of anilines is 2. The Bertz CT molecular complexity index is 1170. The number of hydrogen-bond donors (Lipinski definition) is 1. The molecule has 0 aliphatic carbocycles. The van der Waals surface area contributed by atoms with E-state index in [1.807, 2.05) is 26.0 Å². The van der Waals surface area contributed by atoms with Crippen LogP contribution in [0.25, 0.3) is 5.57 Å². The van der Waals surface area contributed by atoms with Crippen molar-refractivity contribution in [3.05, 3.63) is 87.2 Å². The van der Waals surface area contributed by atoms with Crippen LogP contribution in [0.1, 0.15) is 16.0 Å². The van der Waals surface area contributed by atoms with E-state index < -0.39 is 23.4 Å². The second-order valence-electron chi connectivity index (χ2n) is 6.64. The van der Waals surface area contributed by atoms with E-state index in [-0.39, 0.29) is 17.0 Å². The van der Waals surface area contributed by atoms with E-state index in [2.05, 4.69) is 5.32 Å². The van der Waals surface area contributed by atoms with Crippen molar-refractivity contribution in [3.8, 4) is 0 Å². The molecule has 0 saturated carbocycles. The van der Waals surface area contributed by atoms with Crippen molar-refractivity contribution in [1.29, 1.82) is 0 Å².